The molecule has 3 heteroatoms. The van der Waals surface area contributed by atoms with Crippen LogP contribution in [0.25, 0.3) is 10.8 Å². The van der Waals surface area contributed by atoms with Crippen molar-refractivity contribution in [2.45, 2.75) is 0 Å². The van der Waals surface area contributed by atoms with Gasteiger partial charge in [-0.25, -0.2) is 0 Å². The van der Waals surface area contributed by atoms with Gasteiger partial charge in [-0.05, 0) is 41.1 Å². The Kier molecular flexibility index (Phi) is 3.88. The summed E-state index contributed by atoms with van der Waals surface area (Å²) in [6.45, 7) is 0. The average molecular weight is 252 g/mol. The Morgan fingerprint density at radius 2 is 1.26 bits per heavy atom. The van der Waals surface area contributed by atoms with E-state index in [1.54, 1.807) is 30.3 Å². The zero-order valence-electron chi connectivity index (χ0n) is 10.5. The largest absolute Gasteiger partial charge is 0.508 e. The Labute approximate surface area is 112 Å². The van der Waals surface area contributed by atoms with E-state index < -0.39 is 0 Å². The fourth-order valence-corrected chi connectivity index (χ4v) is 1.74. The maximum Gasteiger partial charge on any atom is 0.116 e. The summed E-state index contributed by atoms with van der Waals surface area (Å²) in [5.41, 5.74) is 12.2. The maximum atomic E-state index is 9.13. The van der Waals surface area contributed by atoms with Gasteiger partial charge >= 0.3 is 0 Å². The third-order valence-corrected chi connectivity index (χ3v) is 2.64. The van der Waals surface area contributed by atoms with Crippen molar-refractivity contribution in [3.63, 3.8) is 0 Å². The lowest BCUT2D eigenvalue weighted by Crippen LogP contribution is -1.87. The lowest BCUT2D eigenvalue weighted by atomic mass is 10.1. The molecule has 0 fully saturated rings. The minimum atomic E-state index is 0.323. The summed E-state index contributed by atoms with van der Waals surface area (Å²) in [6.07, 6.45) is 0. The second kappa shape index (κ2) is 5.78. The van der Waals surface area contributed by atoms with E-state index in [0.29, 0.717) is 17.1 Å². The molecule has 96 valence electrons. The van der Waals surface area contributed by atoms with Gasteiger partial charge in [0.05, 0.1) is 0 Å². The van der Waals surface area contributed by atoms with Crippen LogP contribution in [0.5, 0.6) is 5.75 Å². The van der Waals surface area contributed by atoms with E-state index in [4.69, 9.17) is 16.6 Å². The maximum absolute atomic E-state index is 9.13. The Bertz CT molecular complexity index is 663. The highest BCUT2D eigenvalue weighted by molar-refractivity contribution is 5.83. The van der Waals surface area contributed by atoms with Crippen LogP contribution in [0.3, 0.4) is 0 Å². The van der Waals surface area contributed by atoms with Crippen LogP contribution in [0.1, 0.15) is 0 Å². The van der Waals surface area contributed by atoms with Gasteiger partial charge in [-0.3, -0.25) is 0 Å². The molecule has 3 rings (SSSR count). The summed E-state index contributed by atoms with van der Waals surface area (Å²) >= 11 is 0. The van der Waals surface area contributed by atoms with Crippen molar-refractivity contribution in [3.8, 4) is 5.75 Å². The number of nitrogens with two attached hydrogens (primary N) is 2. The number of hydrogen-bond donors (Lipinski definition) is 3. The molecule has 0 amide bonds. The standard InChI is InChI=1S/C10H8O.C6H8N2/c11-10-6-5-8-3-1-2-4-9(8)7-10;7-5-2-1-3-6(8)4-5/h1-7,11H;1-4H,7-8H2. The molecular weight excluding hydrogens is 236 g/mol. The van der Waals surface area contributed by atoms with Gasteiger partial charge in [-0.15, -0.1) is 0 Å². The van der Waals surface area contributed by atoms with Crippen LogP contribution in [0.2, 0.25) is 0 Å². The predicted octanol–water partition coefficient (Wildman–Crippen LogP) is 3.40. The van der Waals surface area contributed by atoms with Crippen LogP contribution in [-0.2, 0) is 0 Å². The topological polar surface area (TPSA) is 72.3 Å². The van der Waals surface area contributed by atoms with E-state index in [2.05, 4.69) is 0 Å². The number of hydrogen-bond acceptors (Lipinski definition) is 3. The van der Waals surface area contributed by atoms with E-state index in [-0.39, 0.29) is 0 Å². The van der Waals surface area contributed by atoms with Gasteiger partial charge < -0.3 is 16.6 Å². The number of nitrogen functional groups attached to an aromatic ring is 2. The van der Waals surface area contributed by atoms with Crippen LogP contribution >= 0.6 is 0 Å². The zero-order valence-corrected chi connectivity index (χ0v) is 10.5. The molecule has 0 aliphatic heterocycles. The molecule has 0 aliphatic rings. The van der Waals surface area contributed by atoms with Gasteiger partial charge in [0.15, 0.2) is 0 Å². The summed E-state index contributed by atoms with van der Waals surface area (Å²) in [4.78, 5) is 0. The molecule has 5 N–H and O–H groups in total. The summed E-state index contributed by atoms with van der Waals surface area (Å²) in [5, 5.41) is 11.4. The van der Waals surface area contributed by atoms with Crippen molar-refractivity contribution in [1.82, 2.24) is 0 Å². The molecule has 3 aromatic rings. The zero-order chi connectivity index (χ0) is 13.7. The highest BCUT2D eigenvalue weighted by Crippen LogP contribution is 2.18. The highest BCUT2D eigenvalue weighted by atomic mass is 16.3. The van der Waals surface area contributed by atoms with Crippen molar-refractivity contribution in [2.75, 3.05) is 11.5 Å². The molecule has 19 heavy (non-hydrogen) atoms. The molecule has 0 radical (unpaired) electrons. The van der Waals surface area contributed by atoms with Gasteiger partial charge in [0.2, 0.25) is 0 Å². The third kappa shape index (κ3) is 3.64. The van der Waals surface area contributed by atoms with Crippen molar-refractivity contribution in [3.05, 3.63) is 66.7 Å². The van der Waals surface area contributed by atoms with Crippen molar-refractivity contribution < 1.29 is 5.11 Å². The summed E-state index contributed by atoms with van der Waals surface area (Å²) in [6, 6.07) is 20.5. The summed E-state index contributed by atoms with van der Waals surface area (Å²) < 4.78 is 0. The summed E-state index contributed by atoms with van der Waals surface area (Å²) in [5.74, 6) is 0.323. The minimum Gasteiger partial charge on any atom is -0.508 e. The molecular formula is C16H16N2O. The number of anilines is 2. The molecule has 0 atom stereocenters. The number of benzene rings is 3. The Morgan fingerprint density at radius 3 is 1.84 bits per heavy atom. The van der Waals surface area contributed by atoms with Gasteiger partial charge in [0.25, 0.3) is 0 Å². The van der Waals surface area contributed by atoms with E-state index in [0.717, 1.165) is 10.8 Å². The number of rotatable bonds is 0. The van der Waals surface area contributed by atoms with Crippen molar-refractivity contribution >= 4 is 22.1 Å². The van der Waals surface area contributed by atoms with Gasteiger partial charge in [-0.2, -0.15) is 0 Å². The van der Waals surface area contributed by atoms with E-state index >= 15 is 0 Å². The Balaban J connectivity index is 0.000000148. The lowest BCUT2D eigenvalue weighted by Gasteiger charge is -1.96. The third-order valence-electron chi connectivity index (χ3n) is 2.64. The Hall–Kier alpha value is -2.68. The first-order chi connectivity index (χ1) is 9.15. The second-order valence-corrected chi connectivity index (χ2v) is 4.20. The van der Waals surface area contributed by atoms with Crippen LogP contribution in [0.15, 0.2) is 66.7 Å². The predicted molar refractivity (Wildman–Crippen MR) is 80.9 cm³/mol. The molecule has 0 spiro atoms. The van der Waals surface area contributed by atoms with E-state index in [9.17, 15) is 0 Å². The summed E-state index contributed by atoms with van der Waals surface area (Å²) in [7, 11) is 0. The van der Waals surface area contributed by atoms with Gasteiger partial charge in [0.1, 0.15) is 5.75 Å². The number of phenolic OH excluding ortho intramolecular Hbond substituents is 1. The fraction of sp³-hybridized carbons (Fsp3) is 0. The molecule has 3 aromatic carbocycles. The van der Waals surface area contributed by atoms with Gasteiger partial charge in [0, 0.05) is 11.4 Å². The first-order valence-corrected chi connectivity index (χ1v) is 5.94. The molecule has 0 bridgehead atoms. The van der Waals surface area contributed by atoms with Gasteiger partial charge in [-0.1, -0.05) is 36.4 Å². The number of phenols is 1. The smallest absolute Gasteiger partial charge is 0.116 e. The molecule has 0 saturated heterocycles. The van der Waals surface area contributed by atoms with Crippen LogP contribution < -0.4 is 11.5 Å². The first kappa shape index (κ1) is 12.8. The highest BCUT2D eigenvalue weighted by Gasteiger charge is 1.91. The van der Waals surface area contributed by atoms with Crippen LogP contribution in [0.4, 0.5) is 11.4 Å². The average Bonchev–Trinajstić information content (AvgIpc) is 2.39. The van der Waals surface area contributed by atoms with Crippen molar-refractivity contribution in [2.24, 2.45) is 0 Å². The van der Waals surface area contributed by atoms with E-state index in [1.807, 2.05) is 36.4 Å². The quantitative estimate of drug-likeness (QED) is 0.537. The fourth-order valence-electron chi connectivity index (χ4n) is 1.74. The SMILES string of the molecule is Nc1cccc(N)c1.Oc1ccc2ccccc2c1. The lowest BCUT2D eigenvalue weighted by molar-refractivity contribution is 0.476. The minimum absolute atomic E-state index is 0.323. The van der Waals surface area contributed by atoms with E-state index in [1.165, 1.54) is 0 Å². The van der Waals surface area contributed by atoms with Crippen molar-refractivity contribution in [1.29, 1.82) is 0 Å². The molecule has 0 saturated carbocycles. The van der Waals surface area contributed by atoms with Crippen LogP contribution in [0, 0.1) is 0 Å². The number of fused-ring (bicyclic) bond motifs is 1. The molecule has 3 nitrogen and oxygen atoms in total. The second-order valence-electron chi connectivity index (χ2n) is 4.20. The molecule has 0 aromatic heterocycles. The Morgan fingerprint density at radius 1 is 0.632 bits per heavy atom. The molecule has 0 heterocycles. The first-order valence-electron chi connectivity index (χ1n) is 5.94. The monoisotopic (exact) mass is 252 g/mol. The van der Waals surface area contributed by atoms with Crippen LogP contribution in [-0.4, -0.2) is 5.11 Å². The molecule has 0 unspecified atom stereocenters. The normalized spacial score (nSPS) is 9.68. The molecule has 0 aliphatic carbocycles. The number of aromatic hydroxyl groups is 1.